The number of hydrogen-bond donors (Lipinski definition) is 1. The maximum atomic E-state index is 12.9. The van der Waals surface area contributed by atoms with E-state index in [1.165, 1.54) is 16.8 Å². The molecule has 1 amide bonds. The first-order valence-corrected chi connectivity index (χ1v) is 7.33. The summed E-state index contributed by atoms with van der Waals surface area (Å²) < 4.78 is 14.4. The highest BCUT2D eigenvalue weighted by Crippen LogP contribution is 2.19. The maximum absolute atomic E-state index is 12.9. The lowest BCUT2D eigenvalue weighted by Gasteiger charge is -2.23. The fraction of sp³-hybridized carbons (Fsp3) is 0.400. The Labute approximate surface area is 127 Å². The van der Waals surface area contributed by atoms with Crippen LogP contribution in [-0.4, -0.2) is 52.0 Å². The normalized spacial score (nSPS) is 17.9. The highest BCUT2D eigenvalue weighted by molar-refractivity contribution is 5.92. The molecule has 1 N–H and O–H groups in total. The number of nitrogens with one attached hydrogen (secondary N) is 1. The van der Waals surface area contributed by atoms with Gasteiger partial charge in [0, 0.05) is 19.1 Å². The Hall–Kier alpha value is -2.28. The van der Waals surface area contributed by atoms with Crippen LogP contribution < -0.4 is 5.32 Å². The molecule has 3 rings (SSSR count). The first-order chi connectivity index (χ1) is 10.7. The Kier molecular flexibility index (Phi) is 4.15. The van der Waals surface area contributed by atoms with Gasteiger partial charge in [-0.05, 0) is 44.2 Å². The van der Waals surface area contributed by atoms with Crippen molar-refractivity contribution in [2.24, 2.45) is 0 Å². The van der Waals surface area contributed by atoms with Crippen molar-refractivity contribution in [3.8, 4) is 5.69 Å². The standard InChI is InChI=1S/C15H18FN5O/c1-17-9-13-3-2-8-20(13)15(22)14-10-21(19-18-14)12-6-4-11(16)5-7-12/h4-7,10,13,17H,2-3,8-9H2,1H3. The Morgan fingerprint density at radius 1 is 1.41 bits per heavy atom. The van der Waals surface area contributed by atoms with Gasteiger partial charge in [-0.2, -0.15) is 0 Å². The predicted molar refractivity (Wildman–Crippen MR) is 79.3 cm³/mol. The molecule has 6 nitrogen and oxygen atoms in total. The van der Waals surface area contributed by atoms with E-state index < -0.39 is 0 Å². The summed E-state index contributed by atoms with van der Waals surface area (Å²) in [5.74, 6) is -0.418. The van der Waals surface area contributed by atoms with Crippen LogP contribution in [0.5, 0.6) is 0 Å². The second kappa shape index (κ2) is 6.23. The molecular weight excluding hydrogens is 285 g/mol. The number of amides is 1. The molecule has 22 heavy (non-hydrogen) atoms. The average Bonchev–Trinajstić information content (AvgIpc) is 3.17. The molecule has 1 saturated heterocycles. The molecular formula is C15H18FN5O. The van der Waals surface area contributed by atoms with E-state index >= 15 is 0 Å². The zero-order valence-corrected chi connectivity index (χ0v) is 12.4. The minimum Gasteiger partial charge on any atom is -0.333 e. The van der Waals surface area contributed by atoms with Crippen molar-refractivity contribution in [1.82, 2.24) is 25.2 Å². The molecule has 7 heteroatoms. The summed E-state index contributed by atoms with van der Waals surface area (Å²) in [5, 5.41) is 11.0. The van der Waals surface area contributed by atoms with Crippen molar-refractivity contribution in [3.05, 3.63) is 42.0 Å². The highest BCUT2D eigenvalue weighted by atomic mass is 19.1. The van der Waals surface area contributed by atoms with E-state index in [4.69, 9.17) is 0 Å². The third kappa shape index (κ3) is 2.85. The monoisotopic (exact) mass is 303 g/mol. The van der Waals surface area contributed by atoms with Crippen LogP contribution in [0.1, 0.15) is 23.3 Å². The number of halogens is 1. The summed E-state index contributed by atoms with van der Waals surface area (Å²) in [6, 6.07) is 6.09. The second-order valence-electron chi connectivity index (χ2n) is 5.38. The van der Waals surface area contributed by atoms with E-state index in [0.717, 1.165) is 25.9 Å². The van der Waals surface area contributed by atoms with Crippen molar-refractivity contribution in [3.63, 3.8) is 0 Å². The number of benzene rings is 1. The molecule has 2 aromatic rings. The van der Waals surface area contributed by atoms with Crippen LogP contribution in [0.3, 0.4) is 0 Å². The summed E-state index contributed by atoms with van der Waals surface area (Å²) in [6.07, 6.45) is 3.59. The molecule has 0 saturated carbocycles. The first-order valence-electron chi connectivity index (χ1n) is 7.33. The van der Waals surface area contributed by atoms with Gasteiger partial charge in [-0.25, -0.2) is 9.07 Å². The molecule has 1 aliphatic heterocycles. The lowest BCUT2D eigenvalue weighted by molar-refractivity contribution is 0.0731. The van der Waals surface area contributed by atoms with Crippen LogP contribution in [0.25, 0.3) is 5.69 Å². The molecule has 1 unspecified atom stereocenters. The third-order valence-corrected chi connectivity index (χ3v) is 3.88. The van der Waals surface area contributed by atoms with Gasteiger partial charge in [0.15, 0.2) is 5.69 Å². The summed E-state index contributed by atoms with van der Waals surface area (Å²) in [7, 11) is 1.88. The van der Waals surface area contributed by atoms with Gasteiger partial charge in [-0.15, -0.1) is 5.10 Å². The smallest absolute Gasteiger partial charge is 0.276 e. The number of carbonyl (C=O) groups is 1. The van der Waals surface area contributed by atoms with Crippen molar-refractivity contribution in [2.45, 2.75) is 18.9 Å². The number of likely N-dealkylation sites (tertiary alicyclic amines) is 1. The minimum absolute atomic E-state index is 0.105. The number of likely N-dealkylation sites (N-methyl/N-ethyl adjacent to an activating group) is 1. The van der Waals surface area contributed by atoms with E-state index in [0.29, 0.717) is 11.4 Å². The fourth-order valence-electron chi connectivity index (χ4n) is 2.78. The van der Waals surface area contributed by atoms with E-state index in [2.05, 4.69) is 15.6 Å². The van der Waals surface area contributed by atoms with Crippen LogP contribution in [0.2, 0.25) is 0 Å². The number of nitrogens with zero attached hydrogens (tertiary/aromatic N) is 4. The van der Waals surface area contributed by atoms with Crippen molar-refractivity contribution in [2.75, 3.05) is 20.1 Å². The van der Waals surface area contributed by atoms with Gasteiger partial charge in [0.05, 0.1) is 11.9 Å². The van der Waals surface area contributed by atoms with Crippen LogP contribution in [0.4, 0.5) is 4.39 Å². The molecule has 2 heterocycles. The predicted octanol–water partition coefficient (Wildman–Crippen LogP) is 1.23. The summed E-state index contributed by atoms with van der Waals surface area (Å²) in [4.78, 5) is 14.4. The summed E-state index contributed by atoms with van der Waals surface area (Å²) in [6.45, 7) is 1.52. The van der Waals surface area contributed by atoms with Gasteiger partial charge in [-0.3, -0.25) is 4.79 Å². The summed E-state index contributed by atoms with van der Waals surface area (Å²) >= 11 is 0. The zero-order chi connectivity index (χ0) is 15.5. The molecule has 116 valence electrons. The Morgan fingerprint density at radius 3 is 2.91 bits per heavy atom. The largest absolute Gasteiger partial charge is 0.333 e. The van der Waals surface area contributed by atoms with Gasteiger partial charge in [0.25, 0.3) is 5.91 Å². The van der Waals surface area contributed by atoms with Gasteiger partial charge < -0.3 is 10.2 Å². The van der Waals surface area contributed by atoms with E-state index in [1.807, 2.05) is 11.9 Å². The highest BCUT2D eigenvalue weighted by Gasteiger charge is 2.30. The van der Waals surface area contributed by atoms with Crippen LogP contribution in [0, 0.1) is 5.82 Å². The SMILES string of the molecule is CNCC1CCCN1C(=O)c1cn(-c2ccc(F)cc2)nn1. The van der Waals surface area contributed by atoms with Crippen LogP contribution >= 0.6 is 0 Å². The van der Waals surface area contributed by atoms with Gasteiger partial charge in [0.1, 0.15) is 5.82 Å². The first kappa shape index (κ1) is 14.6. The number of aromatic nitrogens is 3. The molecule has 0 spiro atoms. The third-order valence-electron chi connectivity index (χ3n) is 3.88. The molecule has 1 aliphatic rings. The molecule has 1 aromatic carbocycles. The maximum Gasteiger partial charge on any atom is 0.276 e. The quantitative estimate of drug-likeness (QED) is 0.923. The number of carbonyl (C=O) groups excluding carboxylic acids is 1. The Balaban J connectivity index is 1.78. The van der Waals surface area contributed by atoms with E-state index in [-0.39, 0.29) is 17.8 Å². The zero-order valence-electron chi connectivity index (χ0n) is 12.4. The molecule has 0 bridgehead atoms. The molecule has 1 fully saturated rings. The van der Waals surface area contributed by atoms with Crippen molar-refractivity contribution < 1.29 is 9.18 Å². The number of rotatable bonds is 4. The van der Waals surface area contributed by atoms with Gasteiger partial charge >= 0.3 is 0 Å². The lowest BCUT2D eigenvalue weighted by Crippen LogP contribution is -2.41. The fourth-order valence-corrected chi connectivity index (χ4v) is 2.78. The molecule has 0 aliphatic carbocycles. The minimum atomic E-state index is -0.313. The summed E-state index contributed by atoms with van der Waals surface area (Å²) in [5.41, 5.74) is 0.980. The molecule has 1 aromatic heterocycles. The van der Waals surface area contributed by atoms with E-state index in [9.17, 15) is 9.18 Å². The number of hydrogen-bond acceptors (Lipinski definition) is 4. The Bertz CT molecular complexity index is 654. The second-order valence-corrected chi connectivity index (χ2v) is 5.38. The molecule has 0 radical (unpaired) electrons. The van der Waals surface area contributed by atoms with E-state index in [1.54, 1.807) is 18.3 Å². The topological polar surface area (TPSA) is 63.1 Å². The van der Waals surface area contributed by atoms with Crippen molar-refractivity contribution >= 4 is 5.91 Å². The van der Waals surface area contributed by atoms with Crippen LogP contribution in [0.15, 0.2) is 30.5 Å². The molecule has 1 atom stereocenters. The van der Waals surface area contributed by atoms with Crippen LogP contribution in [-0.2, 0) is 0 Å². The van der Waals surface area contributed by atoms with Gasteiger partial charge in [0.2, 0.25) is 0 Å². The lowest BCUT2D eigenvalue weighted by atomic mass is 10.2. The van der Waals surface area contributed by atoms with Crippen molar-refractivity contribution in [1.29, 1.82) is 0 Å². The average molecular weight is 303 g/mol. The van der Waals surface area contributed by atoms with Gasteiger partial charge in [-0.1, -0.05) is 5.21 Å². The Morgan fingerprint density at radius 2 is 2.18 bits per heavy atom.